The predicted octanol–water partition coefficient (Wildman–Crippen LogP) is 3.35. The Labute approximate surface area is 137 Å². The lowest BCUT2D eigenvalue weighted by Crippen LogP contribution is -2.43. The number of amides is 1. The summed E-state index contributed by atoms with van der Waals surface area (Å²) in [6, 6.07) is 6.98. The van der Waals surface area contributed by atoms with Gasteiger partial charge in [0, 0.05) is 22.5 Å². The standard InChI is InChI=1S/C17H15BrN2O2/c1-17(2)7-14-11(15(21)8-17)6-16(22)20(14)13-4-3-10(9-19)5-12(13)18/h3-6,14H,7-8H2,1-2H3. The summed E-state index contributed by atoms with van der Waals surface area (Å²) in [6.07, 6.45) is 2.70. The highest BCUT2D eigenvalue weighted by molar-refractivity contribution is 9.10. The zero-order chi connectivity index (χ0) is 16.1. The number of nitrogens with zero attached hydrogens (tertiary/aromatic N) is 2. The number of fused-ring (bicyclic) bond motifs is 1. The Hall–Kier alpha value is -1.93. The maximum Gasteiger partial charge on any atom is 0.252 e. The fourth-order valence-electron chi connectivity index (χ4n) is 3.25. The summed E-state index contributed by atoms with van der Waals surface area (Å²) in [6.45, 7) is 4.10. The first-order valence-corrected chi connectivity index (χ1v) is 7.89. The topological polar surface area (TPSA) is 61.2 Å². The highest BCUT2D eigenvalue weighted by atomic mass is 79.9. The molecule has 1 heterocycles. The molecule has 0 aromatic heterocycles. The van der Waals surface area contributed by atoms with Crippen LogP contribution in [-0.2, 0) is 9.59 Å². The van der Waals surface area contributed by atoms with Crippen LogP contribution in [0.5, 0.6) is 0 Å². The summed E-state index contributed by atoms with van der Waals surface area (Å²) in [5.41, 5.74) is 1.71. The molecule has 1 aliphatic heterocycles. The van der Waals surface area contributed by atoms with E-state index in [-0.39, 0.29) is 23.1 Å². The molecule has 1 amide bonds. The van der Waals surface area contributed by atoms with E-state index in [2.05, 4.69) is 35.8 Å². The zero-order valence-electron chi connectivity index (χ0n) is 12.4. The number of carbonyl (C=O) groups is 2. The highest BCUT2D eigenvalue weighted by Crippen LogP contribution is 2.43. The van der Waals surface area contributed by atoms with E-state index in [1.54, 1.807) is 23.1 Å². The largest absolute Gasteiger partial charge is 0.300 e. The predicted molar refractivity (Wildman–Crippen MR) is 86.2 cm³/mol. The number of nitriles is 1. The van der Waals surface area contributed by atoms with Crippen molar-refractivity contribution in [3.05, 3.63) is 39.9 Å². The zero-order valence-corrected chi connectivity index (χ0v) is 14.0. The van der Waals surface area contributed by atoms with E-state index in [4.69, 9.17) is 5.26 Å². The van der Waals surface area contributed by atoms with Crippen molar-refractivity contribution in [2.24, 2.45) is 5.41 Å². The lowest BCUT2D eigenvalue weighted by atomic mass is 9.72. The summed E-state index contributed by atoms with van der Waals surface area (Å²) in [5, 5.41) is 8.95. The number of rotatable bonds is 1. The smallest absolute Gasteiger partial charge is 0.252 e. The molecule has 4 nitrogen and oxygen atoms in total. The lowest BCUT2D eigenvalue weighted by Gasteiger charge is -2.38. The number of carbonyl (C=O) groups excluding carboxylic acids is 2. The second kappa shape index (κ2) is 5.06. The minimum atomic E-state index is -0.215. The molecular formula is C17H15BrN2O2. The lowest BCUT2D eigenvalue weighted by molar-refractivity contribution is -0.119. The fourth-order valence-corrected chi connectivity index (χ4v) is 3.82. The van der Waals surface area contributed by atoms with Gasteiger partial charge in [-0.25, -0.2) is 0 Å². The number of Topliss-reactive ketones (excluding diaryl/α,β-unsaturated/α-hetero) is 1. The first kappa shape index (κ1) is 15.0. The van der Waals surface area contributed by atoms with Crippen LogP contribution >= 0.6 is 15.9 Å². The third-order valence-electron chi connectivity index (χ3n) is 4.23. The summed E-state index contributed by atoms with van der Waals surface area (Å²) in [7, 11) is 0. The van der Waals surface area contributed by atoms with Crippen molar-refractivity contribution in [3.63, 3.8) is 0 Å². The molecule has 1 aromatic carbocycles. The van der Waals surface area contributed by atoms with Gasteiger partial charge in [0.05, 0.1) is 23.4 Å². The third kappa shape index (κ3) is 2.38. The normalized spacial score (nSPS) is 23.1. The molecule has 0 bridgehead atoms. The van der Waals surface area contributed by atoms with Crippen LogP contribution < -0.4 is 4.90 Å². The van der Waals surface area contributed by atoms with Crippen molar-refractivity contribution in [2.45, 2.75) is 32.7 Å². The molecule has 0 radical (unpaired) electrons. The Kier molecular flexibility index (Phi) is 3.45. The Morgan fingerprint density at radius 2 is 2.09 bits per heavy atom. The van der Waals surface area contributed by atoms with Crippen LogP contribution in [0.2, 0.25) is 0 Å². The summed E-state index contributed by atoms with van der Waals surface area (Å²) < 4.78 is 0.686. The molecular weight excluding hydrogens is 344 g/mol. The average Bonchev–Trinajstić information content (AvgIpc) is 2.74. The molecule has 1 aliphatic carbocycles. The van der Waals surface area contributed by atoms with Crippen LogP contribution in [0.3, 0.4) is 0 Å². The van der Waals surface area contributed by atoms with Gasteiger partial charge >= 0.3 is 0 Å². The van der Waals surface area contributed by atoms with Crippen molar-refractivity contribution >= 4 is 33.3 Å². The monoisotopic (exact) mass is 358 g/mol. The number of ketones is 1. The Morgan fingerprint density at radius 1 is 1.36 bits per heavy atom. The van der Waals surface area contributed by atoms with Crippen LogP contribution in [0.25, 0.3) is 0 Å². The van der Waals surface area contributed by atoms with Crippen LogP contribution in [0.4, 0.5) is 5.69 Å². The van der Waals surface area contributed by atoms with Gasteiger partial charge in [-0.2, -0.15) is 5.26 Å². The average molecular weight is 359 g/mol. The van der Waals surface area contributed by atoms with Crippen LogP contribution in [-0.4, -0.2) is 17.7 Å². The number of anilines is 1. The van der Waals surface area contributed by atoms with Gasteiger partial charge in [0.2, 0.25) is 0 Å². The van der Waals surface area contributed by atoms with Gasteiger partial charge in [-0.3, -0.25) is 9.59 Å². The summed E-state index contributed by atoms with van der Waals surface area (Å²) in [4.78, 5) is 26.4. The van der Waals surface area contributed by atoms with Crippen molar-refractivity contribution in [2.75, 3.05) is 4.90 Å². The van der Waals surface area contributed by atoms with Crippen molar-refractivity contribution < 1.29 is 9.59 Å². The molecule has 1 unspecified atom stereocenters. The quantitative estimate of drug-likeness (QED) is 0.773. The van der Waals surface area contributed by atoms with E-state index in [0.29, 0.717) is 27.7 Å². The summed E-state index contributed by atoms with van der Waals surface area (Å²) in [5.74, 6) is -0.113. The minimum Gasteiger partial charge on any atom is -0.300 e. The molecule has 1 aromatic rings. The van der Waals surface area contributed by atoms with E-state index in [0.717, 1.165) is 6.42 Å². The van der Waals surface area contributed by atoms with E-state index in [1.165, 1.54) is 6.08 Å². The Bertz CT molecular complexity index is 758. The molecule has 3 rings (SSSR count). The van der Waals surface area contributed by atoms with Crippen molar-refractivity contribution in [1.82, 2.24) is 0 Å². The molecule has 5 heteroatoms. The van der Waals surface area contributed by atoms with Gasteiger partial charge in [0.25, 0.3) is 5.91 Å². The van der Waals surface area contributed by atoms with Gasteiger partial charge in [-0.15, -0.1) is 0 Å². The molecule has 22 heavy (non-hydrogen) atoms. The van der Waals surface area contributed by atoms with Gasteiger partial charge in [0.15, 0.2) is 5.78 Å². The highest BCUT2D eigenvalue weighted by Gasteiger charge is 2.45. The first-order valence-electron chi connectivity index (χ1n) is 7.10. The molecule has 0 spiro atoms. The number of benzene rings is 1. The van der Waals surface area contributed by atoms with E-state index in [1.807, 2.05) is 0 Å². The van der Waals surface area contributed by atoms with Gasteiger partial charge < -0.3 is 4.90 Å². The second-order valence-electron chi connectivity index (χ2n) is 6.57. The molecule has 1 atom stereocenters. The fraction of sp³-hybridized carbons (Fsp3) is 0.353. The first-order chi connectivity index (χ1) is 10.3. The van der Waals surface area contributed by atoms with E-state index in [9.17, 15) is 9.59 Å². The van der Waals surface area contributed by atoms with Crippen LogP contribution in [0, 0.1) is 16.7 Å². The second-order valence-corrected chi connectivity index (χ2v) is 7.42. The number of halogens is 1. The third-order valence-corrected chi connectivity index (χ3v) is 4.87. The molecule has 112 valence electrons. The van der Waals surface area contributed by atoms with E-state index < -0.39 is 0 Å². The van der Waals surface area contributed by atoms with Crippen molar-refractivity contribution in [3.8, 4) is 6.07 Å². The Balaban J connectivity index is 2.04. The number of hydrogen-bond acceptors (Lipinski definition) is 3. The van der Waals surface area contributed by atoms with Gasteiger partial charge in [-0.05, 0) is 46.0 Å². The molecule has 0 saturated heterocycles. The van der Waals surface area contributed by atoms with Crippen LogP contribution in [0.1, 0.15) is 32.3 Å². The molecule has 1 fully saturated rings. The summed E-state index contributed by atoms with van der Waals surface area (Å²) >= 11 is 3.43. The Morgan fingerprint density at radius 3 is 2.73 bits per heavy atom. The number of hydrogen-bond donors (Lipinski definition) is 0. The maximum absolute atomic E-state index is 12.4. The van der Waals surface area contributed by atoms with Gasteiger partial charge in [0.1, 0.15) is 0 Å². The maximum atomic E-state index is 12.4. The SMILES string of the molecule is CC1(C)CC(=O)C2=CC(=O)N(c3ccc(C#N)cc3Br)C2C1. The molecule has 2 aliphatic rings. The molecule has 1 saturated carbocycles. The van der Waals surface area contributed by atoms with E-state index >= 15 is 0 Å². The minimum absolute atomic E-state index is 0.0573. The van der Waals surface area contributed by atoms with Crippen molar-refractivity contribution in [1.29, 1.82) is 5.26 Å². The van der Waals surface area contributed by atoms with Gasteiger partial charge in [-0.1, -0.05) is 13.8 Å². The molecule has 0 N–H and O–H groups in total. The van der Waals surface area contributed by atoms with Crippen LogP contribution in [0.15, 0.2) is 34.3 Å².